The number of nitrogens with zero attached hydrogens (tertiary/aromatic N) is 2. The fourth-order valence-electron chi connectivity index (χ4n) is 3.84. The molecule has 0 bridgehead atoms. The highest BCUT2D eigenvalue weighted by atomic mass is 19.1. The van der Waals surface area contributed by atoms with E-state index in [0.717, 1.165) is 32.1 Å². The molecule has 1 unspecified atom stereocenters. The summed E-state index contributed by atoms with van der Waals surface area (Å²) in [6.07, 6.45) is 6.85. The minimum atomic E-state index is -0.289. The number of fused-ring (bicyclic) bond motifs is 1. The summed E-state index contributed by atoms with van der Waals surface area (Å²) in [6.45, 7) is 5.72. The van der Waals surface area contributed by atoms with Crippen molar-refractivity contribution in [1.29, 1.82) is 0 Å². The Labute approximate surface area is 138 Å². The third kappa shape index (κ3) is 4.61. The highest BCUT2D eigenvalue weighted by molar-refractivity contribution is 5.95. The van der Waals surface area contributed by atoms with Crippen LogP contribution in [0.4, 0.5) is 4.39 Å². The molecule has 0 spiro atoms. The highest BCUT2D eigenvalue weighted by Crippen LogP contribution is 2.21. The lowest BCUT2D eigenvalue weighted by molar-refractivity contribution is 0.0741. The van der Waals surface area contributed by atoms with E-state index in [1.54, 1.807) is 12.1 Å². The number of carbonyl (C=O) groups is 1. The van der Waals surface area contributed by atoms with E-state index in [2.05, 4.69) is 9.80 Å². The van der Waals surface area contributed by atoms with Gasteiger partial charge < -0.3 is 4.90 Å². The van der Waals surface area contributed by atoms with E-state index in [9.17, 15) is 9.18 Å². The number of Topliss-reactive ketones (excluding diaryl/α,β-unsaturated/α-hetero) is 1. The minimum absolute atomic E-state index is 0.123. The Hall–Kier alpha value is -1.26. The fourth-order valence-corrected chi connectivity index (χ4v) is 3.84. The maximum atomic E-state index is 12.9. The standard InChI is InChI=1S/C19H27FN2O/c20-17-9-7-16(8-10-17)19(23)6-4-11-21-13-14-22-12-3-1-2-5-18(22)15-21/h7-10,18H,1-6,11-15H2. The van der Waals surface area contributed by atoms with Crippen LogP contribution in [-0.2, 0) is 0 Å². The normalized spacial score (nSPS) is 23.3. The fraction of sp³-hybridized carbons (Fsp3) is 0.632. The second-order valence-electron chi connectivity index (χ2n) is 6.87. The van der Waals surface area contributed by atoms with Crippen LogP contribution in [0.1, 0.15) is 48.9 Å². The molecular formula is C19H27FN2O. The van der Waals surface area contributed by atoms with Crippen LogP contribution in [0.5, 0.6) is 0 Å². The van der Waals surface area contributed by atoms with Gasteiger partial charge in [0.1, 0.15) is 5.82 Å². The molecule has 2 saturated heterocycles. The molecule has 23 heavy (non-hydrogen) atoms. The quantitative estimate of drug-likeness (QED) is 0.778. The van der Waals surface area contributed by atoms with Crippen LogP contribution in [0.3, 0.4) is 0 Å². The molecule has 0 radical (unpaired) electrons. The third-order valence-corrected chi connectivity index (χ3v) is 5.22. The average Bonchev–Trinajstić information content (AvgIpc) is 2.80. The van der Waals surface area contributed by atoms with Crippen LogP contribution in [0.25, 0.3) is 0 Å². The molecule has 0 N–H and O–H groups in total. The van der Waals surface area contributed by atoms with Crippen LogP contribution in [-0.4, -0.2) is 54.3 Å². The van der Waals surface area contributed by atoms with Crippen LogP contribution in [0.15, 0.2) is 24.3 Å². The van der Waals surface area contributed by atoms with E-state index in [4.69, 9.17) is 0 Å². The van der Waals surface area contributed by atoms with Crippen molar-refractivity contribution in [3.05, 3.63) is 35.6 Å². The molecule has 0 saturated carbocycles. The van der Waals surface area contributed by atoms with Crippen molar-refractivity contribution in [3.8, 4) is 0 Å². The molecule has 3 nitrogen and oxygen atoms in total. The topological polar surface area (TPSA) is 23.6 Å². The third-order valence-electron chi connectivity index (χ3n) is 5.22. The molecular weight excluding hydrogens is 291 g/mol. The van der Waals surface area contributed by atoms with Crippen molar-refractivity contribution < 1.29 is 9.18 Å². The summed E-state index contributed by atoms with van der Waals surface area (Å²) in [5, 5.41) is 0. The van der Waals surface area contributed by atoms with Crippen LogP contribution < -0.4 is 0 Å². The Kier molecular flexibility index (Phi) is 5.79. The SMILES string of the molecule is O=C(CCCN1CCN2CCCCCC2C1)c1ccc(F)cc1. The van der Waals surface area contributed by atoms with Crippen LogP contribution in [0.2, 0.25) is 0 Å². The lowest BCUT2D eigenvalue weighted by atomic mass is 10.0. The predicted molar refractivity (Wildman–Crippen MR) is 90.2 cm³/mol. The molecule has 2 heterocycles. The molecule has 3 rings (SSSR count). The molecule has 2 aliphatic rings. The van der Waals surface area contributed by atoms with Crippen molar-refractivity contribution in [2.75, 3.05) is 32.7 Å². The smallest absolute Gasteiger partial charge is 0.162 e. The average molecular weight is 318 g/mol. The Morgan fingerprint density at radius 2 is 1.91 bits per heavy atom. The van der Waals surface area contributed by atoms with Gasteiger partial charge in [0.05, 0.1) is 0 Å². The summed E-state index contributed by atoms with van der Waals surface area (Å²) in [7, 11) is 0. The van der Waals surface area contributed by atoms with Crippen LogP contribution >= 0.6 is 0 Å². The zero-order chi connectivity index (χ0) is 16.1. The van der Waals surface area contributed by atoms with Crippen molar-refractivity contribution >= 4 is 5.78 Å². The number of halogens is 1. The predicted octanol–water partition coefficient (Wildman–Crippen LogP) is 3.35. The lowest BCUT2D eigenvalue weighted by Gasteiger charge is -2.40. The van der Waals surface area contributed by atoms with Crippen molar-refractivity contribution in [1.82, 2.24) is 9.80 Å². The van der Waals surface area contributed by atoms with E-state index >= 15 is 0 Å². The molecule has 2 aliphatic heterocycles. The first kappa shape index (κ1) is 16.6. The van der Waals surface area contributed by atoms with Gasteiger partial charge in [-0.2, -0.15) is 0 Å². The van der Waals surface area contributed by atoms with Gasteiger partial charge in [0.2, 0.25) is 0 Å². The van der Waals surface area contributed by atoms with Gasteiger partial charge in [0.15, 0.2) is 5.78 Å². The summed E-state index contributed by atoms with van der Waals surface area (Å²) >= 11 is 0. The van der Waals surface area contributed by atoms with E-state index in [0.29, 0.717) is 12.0 Å². The highest BCUT2D eigenvalue weighted by Gasteiger charge is 2.27. The van der Waals surface area contributed by atoms with Gasteiger partial charge >= 0.3 is 0 Å². The second-order valence-corrected chi connectivity index (χ2v) is 6.87. The first-order valence-corrected chi connectivity index (χ1v) is 8.97. The zero-order valence-electron chi connectivity index (χ0n) is 13.8. The number of hydrogen-bond acceptors (Lipinski definition) is 3. The summed E-state index contributed by atoms with van der Waals surface area (Å²) in [4.78, 5) is 17.3. The van der Waals surface area contributed by atoms with Crippen molar-refractivity contribution in [2.45, 2.75) is 44.6 Å². The number of piperazine rings is 1. The van der Waals surface area contributed by atoms with Gasteiger partial charge in [-0.1, -0.05) is 12.8 Å². The van der Waals surface area contributed by atoms with E-state index in [1.165, 1.54) is 50.9 Å². The van der Waals surface area contributed by atoms with Crippen molar-refractivity contribution in [3.63, 3.8) is 0 Å². The summed E-state index contributed by atoms with van der Waals surface area (Å²) in [5.41, 5.74) is 0.625. The van der Waals surface area contributed by atoms with Crippen molar-refractivity contribution in [2.24, 2.45) is 0 Å². The molecule has 0 aliphatic carbocycles. The van der Waals surface area contributed by atoms with E-state index in [1.807, 2.05) is 0 Å². The molecule has 2 fully saturated rings. The zero-order valence-corrected chi connectivity index (χ0v) is 13.8. The van der Waals surface area contributed by atoms with Gasteiger partial charge in [-0.05, 0) is 56.6 Å². The summed E-state index contributed by atoms with van der Waals surface area (Å²) in [5.74, 6) is -0.166. The van der Waals surface area contributed by atoms with Gasteiger partial charge in [-0.15, -0.1) is 0 Å². The van der Waals surface area contributed by atoms with Gasteiger partial charge in [-0.3, -0.25) is 9.69 Å². The second kappa shape index (κ2) is 8.02. The maximum Gasteiger partial charge on any atom is 0.162 e. The van der Waals surface area contributed by atoms with Gasteiger partial charge in [-0.25, -0.2) is 4.39 Å². The molecule has 0 amide bonds. The number of hydrogen-bond donors (Lipinski definition) is 0. The minimum Gasteiger partial charge on any atom is -0.300 e. The number of benzene rings is 1. The molecule has 4 heteroatoms. The monoisotopic (exact) mass is 318 g/mol. The number of carbonyl (C=O) groups excluding carboxylic acids is 1. The Morgan fingerprint density at radius 3 is 2.74 bits per heavy atom. The van der Waals surface area contributed by atoms with Gasteiger partial charge in [0, 0.05) is 37.7 Å². The first-order chi connectivity index (χ1) is 11.2. The molecule has 0 aromatic heterocycles. The molecule has 126 valence electrons. The largest absolute Gasteiger partial charge is 0.300 e. The Morgan fingerprint density at radius 1 is 1.09 bits per heavy atom. The number of rotatable bonds is 5. The summed E-state index contributed by atoms with van der Waals surface area (Å²) in [6, 6.07) is 6.61. The molecule has 1 aromatic rings. The lowest BCUT2D eigenvalue weighted by Crippen LogP contribution is -2.52. The molecule has 1 aromatic carbocycles. The Bertz CT molecular complexity index is 517. The summed E-state index contributed by atoms with van der Waals surface area (Å²) < 4.78 is 12.9. The van der Waals surface area contributed by atoms with E-state index in [-0.39, 0.29) is 11.6 Å². The molecule has 1 atom stereocenters. The van der Waals surface area contributed by atoms with E-state index < -0.39 is 0 Å². The Balaban J connectivity index is 1.42. The maximum absolute atomic E-state index is 12.9. The van der Waals surface area contributed by atoms with Crippen LogP contribution in [0, 0.1) is 5.82 Å². The first-order valence-electron chi connectivity index (χ1n) is 8.97. The van der Waals surface area contributed by atoms with Gasteiger partial charge in [0.25, 0.3) is 0 Å². The number of ketones is 1.